The second-order valence-electron chi connectivity index (χ2n) is 8.42. The summed E-state index contributed by atoms with van der Waals surface area (Å²) < 4.78 is 56.1. The first-order chi connectivity index (χ1) is 14.9. The number of hydrogen-bond donors (Lipinski definition) is 0. The van der Waals surface area contributed by atoms with Crippen LogP contribution in [0.1, 0.15) is 30.4 Å². The number of rotatable bonds is 7. The second kappa shape index (κ2) is 9.49. The van der Waals surface area contributed by atoms with Crippen LogP contribution in [0.2, 0.25) is 0 Å². The molecule has 7 heteroatoms. The topological polar surface area (TPSA) is 30.9 Å². The Balaban J connectivity index is 1.50. The highest BCUT2D eigenvalue weighted by atomic mass is 19.4. The molecule has 1 unspecified atom stereocenters. The molecule has 1 saturated heterocycles. The van der Waals surface area contributed by atoms with E-state index < -0.39 is 11.7 Å². The number of fused-ring (bicyclic) bond motifs is 2. The van der Waals surface area contributed by atoms with E-state index in [1.165, 1.54) is 18.7 Å². The molecule has 1 aliphatic heterocycles. The van der Waals surface area contributed by atoms with Crippen LogP contribution in [0.25, 0.3) is 0 Å². The highest BCUT2D eigenvalue weighted by Gasteiger charge is 2.41. The van der Waals surface area contributed by atoms with Gasteiger partial charge in [0.05, 0.1) is 5.56 Å². The van der Waals surface area contributed by atoms with E-state index >= 15 is 0 Å². The molecular formula is C24H28F3NO3. The minimum Gasteiger partial charge on any atom is -0.486 e. The zero-order chi connectivity index (χ0) is 21.8. The maximum Gasteiger partial charge on any atom is 0.416 e. The average molecular weight is 435 g/mol. The van der Waals surface area contributed by atoms with Crippen molar-refractivity contribution >= 4 is 0 Å². The third kappa shape index (κ3) is 5.33. The van der Waals surface area contributed by atoms with Crippen molar-refractivity contribution < 1.29 is 27.4 Å². The molecule has 1 aliphatic carbocycles. The molecule has 1 saturated carbocycles. The van der Waals surface area contributed by atoms with Crippen molar-refractivity contribution in [3.05, 3.63) is 59.7 Å². The number of likely N-dealkylation sites (tertiary alicyclic amines) is 1. The summed E-state index contributed by atoms with van der Waals surface area (Å²) in [7, 11) is 1.43. The van der Waals surface area contributed by atoms with Gasteiger partial charge in [0.1, 0.15) is 6.10 Å². The molecule has 2 fully saturated rings. The smallest absolute Gasteiger partial charge is 0.416 e. The summed E-state index contributed by atoms with van der Waals surface area (Å²) in [6.07, 6.45) is -1.19. The number of ether oxygens (including phenoxy) is 3. The lowest BCUT2D eigenvalue weighted by Crippen LogP contribution is -2.53. The molecule has 0 aromatic heterocycles. The van der Waals surface area contributed by atoms with E-state index in [1.807, 2.05) is 6.07 Å². The molecule has 2 aliphatic rings. The van der Waals surface area contributed by atoms with Crippen LogP contribution in [-0.4, -0.2) is 38.0 Å². The Labute approximate surface area is 180 Å². The van der Waals surface area contributed by atoms with Gasteiger partial charge >= 0.3 is 6.18 Å². The summed E-state index contributed by atoms with van der Waals surface area (Å²) in [6.45, 7) is 2.61. The van der Waals surface area contributed by atoms with Crippen molar-refractivity contribution in [1.82, 2.24) is 4.90 Å². The monoisotopic (exact) mass is 435 g/mol. The van der Waals surface area contributed by atoms with Crippen LogP contribution in [0, 0.1) is 11.8 Å². The summed E-state index contributed by atoms with van der Waals surface area (Å²) in [5, 5.41) is 0. The Morgan fingerprint density at radius 2 is 1.68 bits per heavy atom. The highest BCUT2D eigenvalue weighted by molar-refractivity contribution is 5.44. The molecule has 4 nitrogen and oxygen atoms in total. The summed E-state index contributed by atoms with van der Waals surface area (Å²) >= 11 is 0. The quantitative estimate of drug-likeness (QED) is 0.548. The normalized spacial score (nSPS) is 24.1. The molecule has 0 spiro atoms. The van der Waals surface area contributed by atoms with Crippen LogP contribution in [0.15, 0.2) is 48.5 Å². The lowest BCUT2D eigenvalue weighted by atomic mass is 9.75. The van der Waals surface area contributed by atoms with Crippen LogP contribution in [0.3, 0.4) is 0 Å². The van der Waals surface area contributed by atoms with Gasteiger partial charge in [-0.3, -0.25) is 4.90 Å². The van der Waals surface area contributed by atoms with Gasteiger partial charge < -0.3 is 14.2 Å². The summed E-state index contributed by atoms with van der Waals surface area (Å²) in [5.74, 6) is 1.10. The van der Waals surface area contributed by atoms with E-state index in [0.717, 1.165) is 51.0 Å². The predicted octanol–water partition coefficient (Wildman–Crippen LogP) is 5.37. The zero-order valence-corrected chi connectivity index (χ0v) is 17.6. The molecule has 31 heavy (non-hydrogen) atoms. The average Bonchev–Trinajstić information content (AvgIpc) is 2.73. The Kier molecular flexibility index (Phi) is 6.72. The van der Waals surface area contributed by atoms with Crippen LogP contribution in [-0.2, 0) is 17.5 Å². The number of nitrogens with zero attached hydrogens (tertiary/aromatic N) is 1. The molecule has 168 valence electrons. The third-order valence-electron chi connectivity index (χ3n) is 6.18. The van der Waals surface area contributed by atoms with E-state index in [1.54, 1.807) is 0 Å². The largest absolute Gasteiger partial charge is 0.486 e. The molecule has 2 bridgehead atoms. The number of piperidine rings is 1. The molecule has 0 radical (unpaired) electrons. The standard InChI is InChI=1S/C24H28F3NO3/c1-29-16-30-22-12-20(24(25,26)27)10-11-21(22)31-23-18-8-5-9-19(23)15-28(14-18)13-17-6-3-2-4-7-17/h2-4,6-7,10-12,18-19,23H,5,8-9,13-16H2,1H3/t18-,19+,23?. The predicted molar refractivity (Wildman–Crippen MR) is 111 cm³/mol. The Hall–Kier alpha value is -2.25. The molecule has 2 aromatic carbocycles. The van der Waals surface area contributed by atoms with Crippen LogP contribution in [0.4, 0.5) is 13.2 Å². The van der Waals surface area contributed by atoms with Gasteiger partial charge in [-0.2, -0.15) is 13.2 Å². The van der Waals surface area contributed by atoms with Crippen LogP contribution in [0.5, 0.6) is 11.5 Å². The Bertz CT molecular complexity index is 845. The first kappa shape index (κ1) is 22.0. The van der Waals surface area contributed by atoms with E-state index in [0.29, 0.717) is 17.6 Å². The van der Waals surface area contributed by atoms with Crippen molar-refractivity contribution in [1.29, 1.82) is 0 Å². The van der Waals surface area contributed by atoms with E-state index in [9.17, 15) is 13.2 Å². The Morgan fingerprint density at radius 3 is 2.32 bits per heavy atom. The van der Waals surface area contributed by atoms with Gasteiger partial charge in [0.15, 0.2) is 18.3 Å². The summed E-state index contributed by atoms with van der Waals surface area (Å²) in [6, 6.07) is 13.8. The molecule has 3 atom stereocenters. The minimum atomic E-state index is -4.44. The summed E-state index contributed by atoms with van der Waals surface area (Å²) in [5.41, 5.74) is 0.529. The van der Waals surface area contributed by atoms with E-state index in [-0.39, 0.29) is 18.6 Å². The van der Waals surface area contributed by atoms with Gasteiger partial charge in [0.25, 0.3) is 0 Å². The minimum absolute atomic E-state index is 0.0256. The van der Waals surface area contributed by atoms with Gasteiger partial charge in [-0.05, 0) is 36.6 Å². The first-order valence-corrected chi connectivity index (χ1v) is 10.7. The fourth-order valence-electron chi connectivity index (χ4n) is 4.81. The number of hydrogen-bond acceptors (Lipinski definition) is 4. The molecule has 0 amide bonds. The first-order valence-electron chi connectivity index (χ1n) is 10.7. The van der Waals surface area contributed by atoms with E-state index in [2.05, 4.69) is 29.2 Å². The molecule has 4 rings (SSSR count). The molecule has 0 N–H and O–H groups in total. The van der Waals surface area contributed by atoms with Gasteiger partial charge in [0, 0.05) is 38.6 Å². The van der Waals surface area contributed by atoms with Crippen molar-refractivity contribution in [2.75, 3.05) is 27.0 Å². The lowest BCUT2D eigenvalue weighted by molar-refractivity contribution is -0.137. The zero-order valence-electron chi connectivity index (χ0n) is 17.6. The third-order valence-corrected chi connectivity index (χ3v) is 6.18. The number of benzene rings is 2. The lowest BCUT2D eigenvalue weighted by Gasteiger charge is -2.47. The fourth-order valence-corrected chi connectivity index (χ4v) is 4.81. The van der Waals surface area contributed by atoms with Gasteiger partial charge in [-0.1, -0.05) is 36.8 Å². The van der Waals surface area contributed by atoms with Gasteiger partial charge in [-0.25, -0.2) is 0 Å². The van der Waals surface area contributed by atoms with Crippen LogP contribution >= 0.6 is 0 Å². The second-order valence-corrected chi connectivity index (χ2v) is 8.42. The Morgan fingerprint density at radius 1 is 0.968 bits per heavy atom. The molecule has 2 aromatic rings. The number of alkyl halides is 3. The van der Waals surface area contributed by atoms with Gasteiger partial charge in [-0.15, -0.1) is 0 Å². The van der Waals surface area contributed by atoms with Crippen molar-refractivity contribution in [3.63, 3.8) is 0 Å². The van der Waals surface area contributed by atoms with Gasteiger partial charge in [0.2, 0.25) is 0 Å². The number of halogens is 3. The number of methoxy groups -OCH3 is 1. The van der Waals surface area contributed by atoms with Crippen molar-refractivity contribution in [3.8, 4) is 11.5 Å². The maximum absolute atomic E-state index is 13.2. The van der Waals surface area contributed by atoms with E-state index in [4.69, 9.17) is 14.2 Å². The summed E-state index contributed by atoms with van der Waals surface area (Å²) in [4.78, 5) is 2.47. The fraction of sp³-hybridized carbons (Fsp3) is 0.500. The van der Waals surface area contributed by atoms with Crippen molar-refractivity contribution in [2.24, 2.45) is 11.8 Å². The molecule has 1 heterocycles. The van der Waals surface area contributed by atoms with Crippen molar-refractivity contribution in [2.45, 2.75) is 38.1 Å². The highest BCUT2D eigenvalue weighted by Crippen LogP contribution is 2.42. The van der Waals surface area contributed by atoms with Crippen LogP contribution < -0.4 is 9.47 Å². The maximum atomic E-state index is 13.2. The SMILES string of the molecule is COCOc1cc(C(F)(F)F)ccc1OC1[C@@H]2CCC[C@H]1CN(Cc1ccccc1)C2. The molecular weight excluding hydrogens is 407 g/mol.